The van der Waals surface area contributed by atoms with Crippen LogP contribution in [0.4, 0.5) is 0 Å². The van der Waals surface area contributed by atoms with Gasteiger partial charge in [-0.15, -0.1) is 0 Å². The fourth-order valence-corrected chi connectivity index (χ4v) is 8.76. The molecule has 6 N–H and O–H groups in total. The molecule has 1 saturated carbocycles. The summed E-state index contributed by atoms with van der Waals surface area (Å²) in [5.74, 6) is -1.17. The lowest BCUT2D eigenvalue weighted by Crippen LogP contribution is -2.64. The molecule has 0 spiro atoms. The zero-order chi connectivity index (χ0) is 46.8. The molecule has 0 amide bonds. The van der Waals surface area contributed by atoms with Gasteiger partial charge in [0.2, 0.25) is 0 Å². The number of phosphoric acid groups is 1. The van der Waals surface area contributed by atoms with Gasteiger partial charge in [-0.3, -0.25) is 18.6 Å². The van der Waals surface area contributed by atoms with Gasteiger partial charge in [0.25, 0.3) is 0 Å². The Morgan fingerprint density at radius 1 is 0.562 bits per heavy atom. The normalized spacial score (nSPS) is 25.0. The molecule has 0 aromatic heterocycles. The van der Waals surface area contributed by atoms with Gasteiger partial charge in [0.05, 0.1) is 18.8 Å². The average molecular weight is 931 g/mol. The highest BCUT2D eigenvalue weighted by atomic mass is 31.2. The second-order valence-corrected chi connectivity index (χ2v) is 19.1. The minimum atomic E-state index is -5.14. The van der Waals surface area contributed by atoms with Crippen LogP contribution >= 0.6 is 7.82 Å². The number of phosphoric ester groups is 1. The standard InChI is InChI=1S/C49H87O14P/c1-3-5-7-9-11-13-15-17-18-19-20-21-23-25-27-29-31-35-42(50)59-37-39(38-60-64(57,58)63-49-47(55)45(53)44(52)46(54)48(49)56)61-43(51)36-32-34-41-40(62-41)33-30-28-26-24-22-16-14-12-10-8-6-4-2/h12,14,22,24,28,30,39-41,44-49,52-56H,3-11,13,15-21,23,25-27,29,31-38H2,1-2H3,(H,57,58)/b14-12-,24-22-,30-28-/t39-,40?,41?,44?,45-,46+,47-,48-,49?/m1/s1. The van der Waals surface area contributed by atoms with Gasteiger partial charge in [0.15, 0.2) is 6.10 Å². The Morgan fingerprint density at radius 2 is 1.03 bits per heavy atom. The predicted octanol–water partition coefficient (Wildman–Crippen LogP) is 9.16. The summed E-state index contributed by atoms with van der Waals surface area (Å²) in [5.41, 5.74) is 0. The number of esters is 2. The number of aliphatic hydroxyl groups is 5. The highest BCUT2D eigenvalue weighted by Crippen LogP contribution is 2.47. The van der Waals surface area contributed by atoms with Crippen molar-refractivity contribution in [1.82, 2.24) is 0 Å². The fourth-order valence-electron chi connectivity index (χ4n) is 7.79. The number of epoxide rings is 1. The maximum atomic E-state index is 12.9. The van der Waals surface area contributed by atoms with Gasteiger partial charge in [-0.2, -0.15) is 0 Å². The van der Waals surface area contributed by atoms with Crippen LogP contribution in [0, 0.1) is 0 Å². The molecule has 0 radical (unpaired) electrons. The lowest BCUT2D eigenvalue weighted by Gasteiger charge is -2.41. The molecule has 14 nitrogen and oxygen atoms in total. The third-order valence-corrected chi connectivity index (χ3v) is 12.9. The van der Waals surface area contributed by atoms with E-state index in [1.165, 1.54) is 103 Å². The molecule has 10 atom stereocenters. The lowest BCUT2D eigenvalue weighted by molar-refractivity contribution is -0.220. The molecule has 5 unspecified atom stereocenters. The highest BCUT2D eigenvalue weighted by Gasteiger charge is 2.51. The molecule has 1 aliphatic carbocycles. The van der Waals surface area contributed by atoms with Crippen LogP contribution in [0.15, 0.2) is 36.5 Å². The Balaban J connectivity index is 1.71. The van der Waals surface area contributed by atoms with Gasteiger partial charge >= 0.3 is 19.8 Å². The Labute approximate surface area is 384 Å². The van der Waals surface area contributed by atoms with Crippen LogP contribution in [0.2, 0.25) is 0 Å². The first-order chi connectivity index (χ1) is 30.9. The minimum absolute atomic E-state index is 0.00974. The number of rotatable bonds is 40. The molecule has 0 aromatic carbocycles. The number of ether oxygens (including phenoxy) is 3. The summed E-state index contributed by atoms with van der Waals surface area (Å²) in [5, 5.41) is 50.3. The molecule has 1 aliphatic heterocycles. The van der Waals surface area contributed by atoms with E-state index in [4.69, 9.17) is 23.3 Å². The van der Waals surface area contributed by atoms with Gasteiger partial charge in [0, 0.05) is 12.8 Å². The van der Waals surface area contributed by atoms with Gasteiger partial charge in [0.1, 0.15) is 43.2 Å². The summed E-state index contributed by atoms with van der Waals surface area (Å²) in [6, 6.07) is 0. The molecule has 0 aromatic rings. The molecule has 1 saturated heterocycles. The molecule has 1 heterocycles. The highest BCUT2D eigenvalue weighted by molar-refractivity contribution is 7.47. The van der Waals surface area contributed by atoms with Crippen molar-refractivity contribution >= 4 is 19.8 Å². The second kappa shape index (κ2) is 36.1. The topological polar surface area (TPSA) is 222 Å². The van der Waals surface area contributed by atoms with E-state index in [1.807, 2.05) is 0 Å². The predicted molar refractivity (Wildman–Crippen MR) is 248 cm³/mol. The Bertz CT molecular complexity index is 1330. The van der Waals surface area contributed by atoms with Crippen molar-refractivity contribution < 1.29 is 67.8 Å². The van der Waals surface area contributed by atoms with Crippen LogP contribution in [-0.2, 0) is 37.4 Å². The first kappa shape index (κ1) is 58.2. The van der Waals surface area contributed by atoms with Crippen molar-refractivity contribution in [3.63, 3.8) is 0 Å². The van der Waals surface area contributed by atoms with Gasteiger partial charge < -0.3 is 44.6 Å². The SMILES string of the molecule is CCCCC/C=C\C/C=C\C/C=C\CC1OC1CCCC(=O)O[C@H](COC(=O)CCCCCCCCCCCCCCCCCCC)COP(=O)(O)OC1[C@H](O)[C@H](O)C(O)[C@H](O)[C@H]1O. The largest absolute Gasteiger partial charge is 0.472 e. The lowest BCUT2D eigenvalue weighted by atomic mass is 9.85. The van der Waals surface area contributed by atoms with Crippen molar-refractivity contribution in [2.24, 2.45) is 0 Å². The zero-order valence-corrected chi connectivity index (χ0v) is 40.2. The Kier molecular flexibility index (Phi) is 32.8. The average Bonchev–Trinajstić information content (AvgIpc) is 4.03. The summed E-state index contributed by atoms with van der Waals surface area (Å²) < 4.78 is 39.4. The maximum absolute atomic E-state index is 12.9. The van der Waals surface area contributed by atoms with Crippen LogP contribution in [0.5, 0.6) is 0 Å². The zero-order valence-electron chi connectivity index (χ0n) is 39.3. The Hall–Kier alpha value is -1.97. The van der Waals surface area contributed by atoms with Gasteiger partial charge in [-0.1, -0.05) is 166 Å². The second-order valence-electron chi connectivity index (χ2n) is 17.7. The van der Waals surface area contributed by atoms with Crippen molar-refractivity contribution in [2.75, 3.05) is 13.2 Å². The molecular formula is C49H87O14P. The molecular weight excluding hydrogens is 843 g/mol. The van der Waals surface area contributed by atoms with E-state index in [9.17, 15) is 44.6 Å². The number of hydrogen-bond acceptors (Lipinski definition) is 13. The fraction of sp³-hybridized carbons (Fsp3) is 0.837. The van der Waals surface area contributed by atoms with Gasteiger partial charge in [-0.25, -0.2) is 4.57 Å². The van der Waals surface area contributed by atoms with Crippen LogP contribution in [0.25, 0.3) is 0 Å². The summed E-state index contributed by atoms with van der Waals surface area (Å²) >= 11 is 0. The summed E-state index contributed by atoms with van der Waals surface area (Å²) in [4.78, 5) is 35.9. The monoisotopic (exact) mass is 931 g/mol. The van der Waals surface area contributed by atoms with Crippen molar-refractivity contribution in [2.45, 2.75) is 249 Å². The van der Waals surface area contributed by atoms with Crippen LogP contribution < -0.4 is 0 Å². The van der Waals surface area contributed by atoms with Crippen LogP contribution in [-0.4, -0.2) is 111 Å². The van der Waals surface area contributed by atoms with E-state index >= 15 is 0 Å². The molecule has 2 fully saturated rings. The van der Waals surface area contributed by atoms with Crippen LogP contribution in [0.1, 0.15) is 194 Å². The van der Waals surface area contributed by atoms with Crippen molar-refractivity contribution in [1.29, 1.82) is 0 Å². The number of carbonyl (C=O) groups is 2. The smallest absolute Gasteiger partial charge is 0.462 e. The minimum Gasteiger partial charge on any atom is -0.462 e. The van der Waals surface area contributed by atoms with E-state index in [0.717, 1.165) is 44.9 Å². The van der Waals surface area contributed by atoms with E-state index in [2.05, 4.69) is 50.3 Å². The van der Waals surface area contributed by atoms with E-state index < -0.39 is 75.7 Å². The first-order valence-corrected chi connectivity index (χ1v) is 26.4. The number of carbonyl (C=O) groups excluding carboxylic acids is 2. The molecule has 0 bridgehead atoms. The number of hydrogen-bond donors (Lipinski definition) is 6. The van der Waals surface area contributed by atoms with E-state index in [0.29, 0.717) is 19.3 Å². The molecule has 15 heteroatoms. The number of allylic oxidation sites excluding steroid dienone is 5. The molecule has 2 rings (SSSR count). The molecule has 372 valence electrons. The first-order valence-electron chi connectivity index (χ1n) is 24.9. The quantitative estimate of drug-likeness (QED) is 0.0111. The van der Waals surface area contributed by atoms with E-state index in [1.54, 1.807) is 0 Å². The van der Waals surface area contributed by atoms with Crippen LogP contribution in [0.3, 0.4) is 0 Å². The maximum Gasteiger partial charge on any atom is 0.472 e. The van der Waals surface area contributed by atoms with Gasteiger partial charge in [-0.05, 0) is 51.4 Å². The molecule has 64 heavy (non-hydrogen) atoms. The van der Waals surface area contributed by atoms with E-state index in [-0.39, 0.29) is 25.0 Å². The van der Waals surface area contributed by atoms with Crippen molar-refractivity contribution in [3.05, 3.63) is 36.5 Å². The third-order valence-electron chi connectivity index (χ3n) is 11.9. The Morgan fingerprint density at radius 3 is 1.59 bits per heavy atom. The summed E-state index contributed by atoms with van der Waals surface area (Å²) in [6.07, 6.45) is 29.2. The molecule has 2 aliphatic rings. The number of aliphatic hydroxyl groups excluding tert-OH is 5. The summed E-state index contributed by atoms with van der Waals surface area (Å²) in [7, 11) is -5.14. The third kappa shape index (κ3) is 27.6. The summed E-state index contributed by atoms with van der Waals surface area (Å²) in [6.45, 7) is 3.23. The number of unbranched alkanes of at least 4 members (excludes halogenated alkanes) is 19. The van der Waals surface area contributed by atoms with Crippen molar-refractivity contribution in [3.8, 4) is 0 Å².